The number of Topliss-reactive ketones (excluding diaryl/α,β-unsaturated/α-hetero) is 1. The van der Waals surface area contributed by atoms with Gasteiger partial charge in [-0.1, -0.05) is 17.7 Å². The number of amides is 1. The van der Waals surface area contributed by atoms with E-state index in [-0.39, 0.29) is 11.3 Å². The van der Waals surface area contributed by atoms with Crippen LogP contribution in [0.4, 0.5) is 5.69 Å². The molecule has 5 rings (SSSR count). The Morgan fingerprint density at radius 3 is 2.73 bits per heavy atom. The standard InChI is InChI=1S/C25H18ClNO5S/c1-13-8-9-33-24(13)21-20(22(28)19-11-14-10-15(26)6-7-18(14)32-19)23(29)25(30)27(21)16-4-3-5-17(12-16)31-2/h3-12,21,29H,1-2H3. The van der Waals surface area contributed by atoms with Crippen LogP contribution in [-0.2, 0) is 4.79 Å². The van der Waals surface area contributed by atoms with Crippen molar-refractivity contribution < 1.29 is 23.8 Å². The molecule has 166 valence electrons. The molecular weight excluding hydrogens is 462 g/mol. The average Bonchev–Trinajstić information content (AvgIpc) is 3.49. The molecule has 0 saturated heterocycles. The van der Waals surface area contributed by atoms with Gasteiger partial charge in [-0.15, -0.1) is 11.3 Å². The number of halogens is 1. The Hall–Kier alpha value is -3.55. The molecule has 33 heavy (non-hydrogen) atoms. The fraction of sp³-hybridized carbons (Fsp3) is 0.120. The van der Waals surface area contributed by atoms with Crippen LogP contribution < -0.4 is 9.64 Å². The second-order valence-electron chi connectivity index (χ2n) is 7.63. The molecule has 2 aromatic carbocycles. The number of hydrogen-bond donors (Lipinski definition) is 1. The smallest absolute Gasteiger partial charge is 0.294 e. The maximum atomic E-state index is 13.6. The van der Waals surface area contributed by atoms with Gasteiger partial charge < -0.3 is 14.3 Å². The second kappa shape index (κ2) is 8.10. The Bertz CT molecular complexity index is 1450. The maximum absolute atomic E-state index is 13.6. The molecule has 0 fully saturated rings. The molecule has 1 aliphatic heterocycles. The van der Waals surface area contributed by atoms with E-state index >= 15 is 0 Å². The van der Waals surface area contributed by atoms with Crippen molar-refractivity contribution in [2.45, 2.75) is 13.0 Å². The molecule has 0 spiro atoms. The second-order valence-corrected chi connectivity index (χ2v) is 9.02. The van der Waals surface area contributed by atoms with E-state index in [1.807, 2.05) is 18.4 Å². The molecule has 0 saturated carbocycles. The van der Waals surface area contributed by atoms with Crippen molar-refractivity contribution in [2.75, 3.05) is 12.0 Å². The molecular formula is C25H18ClNO5S. The number of aliphatic hydroxyl groups excluding tert-OH is 1. The van der Waals surface area contributed by atoms with Gasteiger partial charge in [0.05, 0.1) is 12.7 Å². The summed E-state index contributed by atoms with van der Waals surface area (Å²) in [6, 6.07) is 14.6. The van der Waals surface area contributed by atoms with E-state index < -0.39 is 23.5 Å². The molecule has 1 unspecified atom stereocenters. The highest BCUT2D eigenvalue weighted by Gasteiger charge is 2.46. The third kappa shape index (κ3) is 3.50. The molecule has 0 radical (unpaired) electrons. The van der Waals surface area contributed by atoms with Crippen LogP contribution in [0.2, 0.25) is 5.02 Å². The van der Waals surface area contributed by atoms with Crippen molar-refractivity contribution in [1.29, 1.82) is 0 Å². The van der Waals surface area contributed by atoms with Crippen molar-refractivity contribution in [2.24, 2.45) is 0 Å². The summed E-state index contributed by atoms with van der Waals surface area (Å²) in [5.41, 5.74) is 1.86. The third-order valence-corrected chi connectivity index (χ3v) is 6.94. The number of nitrogens with zero attached hydrogens (tertiary/aromatic N) is 1. The number of ketones is 1. The van der Waals surface area contributed by atoms with Crippen LogP contribution in [-0.4, -0.2) is 23.9 Å². The number of fused-ring (bicyclic) bond motifs is 1. The minimum atomic E-state index is -0.811. The van der Waals surface area contributed by atoms with Gasteiger partial charge in [0, 0.05) is 27.0 Å². The summed E-state index contributed by atoms with van der Waals surface area (Å²) in [6.07, 6.45) is 0. The zero-order valence-electron chi connectivity index (χ0n) is 17.7. The highest BCUT2D eigenvalue weighted by molar-refractivity contribution is 7.10. The van der Waals surface area contributed by atoms with Crippen LogP contribution >= 0.6 is 22.9 Å². The van der Waals surface area contributed by atoms with Gasteiger partial charge >= 0.3 is 0 Å². The monoisotopic (exact) mass is 479 g/mol. The summed E-state index contributed by atoms with van der Waals surface area (Å²) < 4.78 is 11.1. The lowest BCUT2D eigenvalue weighted by Gasteiger charge is -2.26. The molecule has 4 aromatic rings. The van der Waals surface area contributed by atoms with Gasteiger partial charge in [-0.3, -0.25) is 14.5 Å². The first-order chi connectivity index (χ1) is 15.9. The minimum absolute atomic E-state index is 0.0216. The normalized spacial score (nSPS) is 16.2. The number of ether oxygens (including phenoxy) is 1. The van der Waals surface area contributed by atoms with Crippen molar-refractivity contribution in [3.8, 4) is 5.75 Å². The maximum Gasteiger partial charge on any atom is 0.294 e. The zero-order chi connectivity index (χ0) is 23.3. The van der Waals surface area contributed by atoms with Crippen LogP contribution in [0, 0.1) is 6.92 Å². The van der Waals surface area contributed by atoms with Crippen LogP contribution in [0.3, 0.4) is 0 Å². The molecule has 6 nitrogen and oxygen atoms in total. The van der Waals surface area contributed by atoms with E-state index in [1.54, 1.807) is 48.5 Å². The Morgan fingerprint density at radius 2 is 2.00 bits per heavy atom. The van der Waals surface area contributed by atoms with Crippen molar-refractivity contribution in [1.82, 2.24) is 0 Å². The number of furan rings is 1. The molecule has 0 bridgehead atoms. The van der Waals surface area contributed by atoms with Gasteiger partial charge in [0.2, 0.25) is 5.78 Å². The Morgan fingerprint density at radius 1 is 1.18 bits per heavy atom. The Balaban J connectivity index is 1.66. The number of rotatable bonds is 5. The Labute approximate surface area is 198 Å². The zero-order valence-corrected chi connectivity index (χ0v) is 19.2. The molecule has 1 N–H and O–H groups in total. The summed E-state index contributed by atoms with van der Waals surface area (Å²) in [7, 11) is 1.53. The summed E-state index contributed by atoms with van der Waals surface area (Å²) >= 11 is 7.47. The first kappa shape index (κ1) is 21.3. The first-order valence-electron chi connectivity index (χ1n) is 10.1. The summed E-state index contributed by atoms with van der Waals surface area (Å²) in [5, 5.41) is 14.0. The van der Waals surface area contributed by atoms with E-state index in [2.05, 4.69) is 0 Å². The SMILES string of the molecule is COc1cccc(N2C(=O)C(O)=C(C(=O)c3cc4cc(Cl)ccc4o3)C2c2sccc2C)c1. The number of carbonyl (C=O) groups is 2. The van der Waals surface area contributed by atoms with Crippen molar-refractivity contribution in [3.05, 3.63) is 92.5 Å². The number of benzene rings is 2. The molecule has 8 heteroatoms. The van der Waals surface area contributed by atoms with E-state index in [9.17, 15) is 14.7 Å². The number of aliphatic hydroxyl groups is 1. The lowest BCUT2D eigenvalue weighted by atomic mass is 9.98. The lowest BCUT2D eigenvalue weighted by molar-refractivity contribution is -0.117. The number of thiophene rings is 1. The topological polar surface area (TPSA) is 80.0 Å². The lowest BCUT2D eigenvalue weighted by Crippen LogP contribution is -2.30. The molecule has 1 aliphatic rings. The van der Waals surface area contributed by atoms with E-state index in [1.165, 1.54) is 23.3 Å². The summed E-state index contributed by atoms with van der Waals surface area (Å²) in [5.74, 6) is -1.25. The molecule has 2 aromatic heterocycles. The first-order valence-corrected chi connectivity index (χ1v) is 11.3. The minimum Gasteiger partial charge on any atom is -0.503 e. The van der Waals surface area contributed by atoms with Crippen LogP contribution in [0.25, 0.3) is 11.0 Å². The molecule has 3 heterocycles. The number of aryl methyl sites for hydroxylation is 1. The van der Waals surface area contributed by atoms with Gasteiger partial charge in [0.25, 0.3) is 5.91 Å². The van der Waals surface area contributed by atoms with Gasteiger partial charge in [-0.05, 0) is 60.3 Å². The fourth-order valence-corrected chi connectivity index (χ4v) is 5.24. The van der Waals surface area contributed by atoms with Gasteiger partial charge in [0.15, 0.2) is 11.5 Å². The number of carbonyl (C=O) groups excluding carboxylic acids is 2. The van der Waals surface area contributed by atoms with E-state index in [0.29, 0.717) is 27.4 Å². The van der Waals surface area contributed by atoms with Crippen LogP contribution in [0.5, 0.6) is 5.75 Å². The predicted octanol–water partition coefficient (Wildman–Crippen LogP) is 6.25. The molecule has 1 atom stereocenters. The van der Waals surface area contributed by atoms with E-state index in [0.717, 1.165) is 10.4 Å². The number of anilines is 1. The van der Waals surface area contributed by atoms with Gasteiger partial charge in [0.1, 0.15) is 17.4 Å². The fourth-order valence-electron chi connectivity index (χ4n) is 4.04. The van der Waals surface area contributed by atoms with Gasteiger partial charge in [-0.2, -0.15) is 0 Å². The Kier molecular flexibility index (Phi) is 5.23. The van der Waals surface area contributed by atoms with Gasteiger partial charge in [-0.25, -0.2) is 0 Å². The number of hydrogen-bond acceptors (Lipinski definition) is 6. The van der Waals surface area contributed by atoms with E-state index in [4.69, 9.17) is 20.8 Å². The molecule has 0 aliphatic carbocycles. The largest absolute Gasteiger partial charge is 0.503 e. The third-order valence-electron chi connectivity index (χ3n) is 5.64. The quantitative estimate of drug-likeness (QED) is 0.342. The van der Waals surface area contributed by atoms with Crippen molar-refractivity contribution >= 4 is 51.3 Å². The highest BCUT2D eigenvalue weighted by Crippen LogP contribution is 2.45. The molecule has 1 amide bonds. The van der Waals surface area contributed by atoms with Crippen LogP contribution in [0.1, 0.15) is 27.0 Å². The number of methoxy groups -OCH3 is 1. The predicted molar refractivity (Wildman–Crippen MR) is 127 cm³/mol. The summed E-state index contributed by atoms with van der Waals surface area (Å²) in [4.78, 5) is 29.1. The van der Waals surface area contributed by atoms with Crippen molar-refractivity contribution in [3.63, 3.8) is 0 Å². The van der Waals surface area contributed by atoms with Crippen LogP contribution in [0.15, 0.2) is 75.7 Å². The summed E-state index contributed by atoms with van der Waals surface area (Å²) in [6.45, 7) is 1.90. The highest BCUT2D eigenvalue weighted by atomic mass is 35.5. The average molecular weight is 480 g/mol.